The van der Waals surface area contributed by atoms with Crippen molar-refractivity contribution in [2.75, 3.05) is 0 Å². The highest BCUT2D eigenvalue weighted by atomic mass is 35.5. The van der Waals surface area contributed by atoms with Crippen LogP contribution in [0.25, 0.3) is 0 Å². The van der Waals surface area contributed by atoms with Crippen molar-refractivity contribution in [3.63, 3.8) is 0 Å². The lowest BCUT2D eigenvalue weighted by molar-refractivity contribution is 0.0948. The second kappa shape index (κ2) is 5.74. The van der Waals surface area contributed by atoms with Crippen LogP contribution in [-0.4, -0.2) is 5.91 Å². The summed E-state index contributed by atoms with van der Waals surface area (Å²) in [5.41, 5.74) is 1.61. The van der Waals surface area contributed by atoms with Gasteiger partial charge in [0.1, 0.15) is 11.5 Å². The van der Waals surface area contributed by atoms with Crippen LogP contribution < -0.4 is 5.32 Å². The van der Waals surface area contributed by atoms with E-state index in [0.717, 1.165) is 17.1 Å². The standard InChI is InChI=1S/C14H14ClNO2/c1-10-2-7-13(18-10)9-16-14(17)12-5-3-11(8-15)4-6-12/h2-7H,8-9H2,1H3,(H,16,17). The number of alkyl halides is 1. The minimum atomic E-state index is -0.120. The lowest BCUT2D eigenvalue weighted by Crippen LogP contribution is -2.22. The van der Waals surface area contributed by atoms with Crippen LogP contribution in [0, 0.1) is 6.92 Å². The van der Waals surface area contributed by atoms with Gasteiger partial charge in [-0.05, 0) is 36.8 Å². The fourth-order valence-corrected chi connectivity index (χ4v) is 1.77. The van der Waals surface area contributed by atoms with Crippen LogP contribution in [-0.2, 0) is 12.4 Å². The molecule has 2 aromatic rings. The van der Waals surface area contributed by atoms with Gasteiger partial charge >= 0.3 is 0 Å². The minimum absolute atomic E-state index is 0.120. The van der Waals surface area contributed by atoms with Crippen molar-refractivity contribution in [2.45, 2.75) is 19.3 Å². The van der Waals surface area contributed by atoms with Crippen LogP contribution in [0.5, 0.6) is 0 Å². The van der Waals surface area contributed by atoms with Gasteiger partial charge in [-0.25, -0.2) is 0 Å². The molecule has 1 N–H and O–H groups in total. The number of aryl methyl sites for hydroxylation is 1. The van der Waals surface area contributed by atoms with Crippen LogP contribution in [0.4, 0.5) is 0 Å². The van der Waals surface area contributed by atoms with E-state index in [4.69, 9.17) is 16.0 Å². The van der Waals surface area contributed by atoms with Crippen LogP contribution in [0.3, 0.4) is 0 Å². The third kappa shape index (κ3) is 3.14. The summed E-state index contributed by atoms with van der Waals surface area (Å²) >= 11 is 5.69. The second-order valence-corrected chi connectivity index (χ2v) is 4.29. The molecule has 1 heterocycles. The van der Waals surface area contributed by atoms with Crippen molar-refractivity contribution < 1.29 is 9.21 Å². The third-order valence-corrected chi connectivity index (χ3v) is 2.90. The Kier molecular flexibility index (Phi) is 4.05. The first-order chi connectivity index (χ1) is 8.69. The molecule has 0 saturated heterocycles. The normalized spacial score (nSPS) is 10.3. The molecule has 1 aromatic carbocycles. The quantitative estimate of drug-likeness (QED) is 0.861. The highest BCUT2D eigenvalue weighted by Gasteiger charge is 2.06. The molecule has 0 aliphatic heterocycles. The van der Waals surface area contributed by atoms with E-state index in [9.17, 15) is 4.79 Å². The molecule has 0 atom stereocenters. The average Bonchev–Trinajstić information content (AvgIpc) is 2.82. The number of carbonyl (C=O) groups excluding carboxylic acids is 1. The predicted molar refractivity (Wildman–Crippen MR) is 70.6 cm³/mol. The van der Waals surface area contributed by atoms with Gasteiger partial charge in [-0.15, -0.1) is 11.6 Å². The maximum Gasteiger partial charge on any atom is 0.251 e. The van der Waals surface area contributed by atoms with Crippen molar-refractivity contribution in [3.05, 3.63) is 59.0 Å². The Bertz CT molecular complexity index is 531. The lowest BCUT2D eigenvalue weighted by Gasteiger charge is -2.04. The number of furan rings is 1. The van der Waals surface area contributed by atoms with Crippen LogP contribution in [0.15, 0.2) is 40.8 Å². The monoisotopic (exact) mass is 263 g/mol. The van der Waals surface area contributed by atoms with Crippen molar-refractivity contribution in [1.82, 2.24) is 5.32 Å². The van der Waals surface area contributed by atoms with E-state index in [2.05, 4.69) is 5.32 Å². The summed E-state index contributed by atoms with van der Waals surface area (Å²) in [4.78, 5) is 11.8. The molecule has 3 nitrogen and oxygen atoms in total. The van der Waals surface area contributed by atoms with Gasteiger partial charge in [0.15, 0.2) is 0 Å². The molecule has 0 fully saturated rings. The predicted octanol–water partition coefficient (Wildman–Crippen LogP) is 3.26. The van der Waals surface area contributed by atoms with Crippen LogP contribution in [0.1, 0.15) is 27.4 Å². The number of nitrogens with one attached hydrogen (secondary N) is 1. The molecule has 0 bridgehead atoms. The molecule has 4 heteroatoms. The van der Waals surface area contributed by atoms with Gasteiger partial charge in [0.05, 0.1) is 6.54 Å². The number of hydrogen-bond acceptors (Lipinski definition) is 2. The number of halogens is 1. The summed E-state index contributed by atoms with van der Waals surface area (Å²) in [7, 11) is 0. The maximum absolute atomic E-state index is 11.8. The largest absolute Gasteiger partial charge is 0.465 e. The van der Waals surface area contributed by atoms with Crippen molar-refractivity contribution >= 4 is 17.5 Å². The van der Waals surface area contributed by atoms with E-state index >= 15 is 0 Å². The Morgan fingerprint density at radius 3 is 2.50 bits per heavy atom. The summed E-state index contributed by atoms with van der Waals surface area (Å²) < 4.78 is 5.37. The Hall–Kier alpha value is -1.74. The van der Waals surface area contributed by atoms with E-state index in [-0.39, 0.29) is 5.91 Å². The Morgan fingerprint density at radius 1 is 1.22 bits per heavy atom. The number of carbonyl (C=O) groups is 1. The molecule has 0 saturated carbocycles. The fourth-order valence-electron chi connectivity index (χ4n) is 1.59. The van der Waals surface area contributed by atoms with Crippen LogP contribution in [0.2, 0.25) is 0 Å². The highest BCUT2D eigenvalue weighted by molar-refractivity contribution is 6.17. The fraction of sp³-hybridized carbons (Fsp3) is 0.214. The number of benzene rings is 1. The van der Waals surface area contributed by atoms with Gasteiger partial charge in [-0.2, -0.15) is 0 Å². The molecule has 18 heavy (non-hydrogen) atoms. The Labute approximate surface area is 111 Å². The maximum atomic E-state index is 11.8. The zero-order valence-corrected chi connectivity index (χ0v) is 10.8. The minimum Gasteiger partial charge on any atom is -0.465 e. The molecule has 0 aliphatic carbocycles. The average molecular weight is 264 g/mol. The van der Waals surface area contributed by atoms with Crippen molar-refractivity contribution in [1.29, 1.82) is 0 Å². The van der Waals surface area contributed by atoms with E-state index in [1.165, 1.54) is 0 Å². The van der Waals surface area contributed by atoms with E-state index in [0.29, 0.717) is 18.0 Å². The van der Waals surface area contributed by atoms with Crippen molar-refractivity contribution in [2.24, 2.45) is 0 Å². The molecule has 1 aromatic heterocycles. The zero-order valence-electron chi connectivity index (χ0n) is 10.1. The summed E-state index contributed by atoms with van der Waals surface area (Å²) in [6.45, 7) is 2.26. The summed E-state index contributed by atoms with van der Waals surface area (Å²) in [6, 6.07) is 10.9. The van der Waals surface area contributed by atoms with Gasteiger partial charge in [0.2, 0.25) is 0 Å². The molecular formula is C14H14ClNO2. The molecule has 94 valence electrons. The van der Waals surface area contributed by atoms with Crippen LogP contribution >= 0.6 is 11.6 Å². The number of rotatable bonds is 4. The van der Waals surface area contributed by atoms with Gasteiger partial charge < -0.3 is 9.73 Å². The second-order valence-electron chi connectivity index (χ2n) is 4.03. The van der Waals surface area contributed by atoms with E-state index in [1.54, 1.807) is 12.1 Å². The van der Waals surface area contributed by atoms with E-state index < -0.39 is 0 Å². The first-order valence-corrected chi connectivity index (χ1v) is 6.21. The summed E-state index contributed by atoms with van der Waals surface area (Å²) in [5, 5.41) is 2.80. The van der Waals surface area contributed by atoms with Crippen molar-refractivity contribution in [3.8, 4) is 0 Å². The molecule has 0 unspecified atom stereocenters. The van der Waals surface area contributed by atoms with Gasteiger partial charge in [0.25, 0.3) is 5.91 Å². The van der Waals surface area contributed by atoms with Gasteiger partial charge in [-0.1, -0.05) is 12.1 Å². The SMILES string of the molecule is Cc1ccc(CNC(=O)c2ccc(CCl)cc2)o1. The lowest BCUT2D eigenvalue weighted by atomic mass is 10.1. The molecule has 2 rings (SSSR count). The van der Waals surface area contributed by atoms with Gasteiger partial charge in [0, 0.05) is 11.4 Å². The molecule has 1 amide bonds. The third-order valence-electron chi connectivity index (χ3n) is 2.59. The van der Waals surface area contributed by atoms with Gasteiger partial charge in [-0.3, -0.25) is 4.79 Å². The Morgan fingerprint density at radius 2 is 1.94 bits per heavy atom. The molecule has 0 spiro atoms. The Balaban J connectivity index is 1.94. The topological polar surface area (TPSA) is 42.2 Å². The first kappa shape index (κ1) is 12.7. The number of hydrogen-bond donors (Lipinski definition) is 1. The molecule has 0 aliphatic rings. The van der Waals surface area contributed by atoms with E-state index in [1.807, 2.05) is 31.2 Å². The number of amides is 1. The zero-order chi connectivity index (χ0) is 13.0. The summed E-state index contributed by atoms with van der Waals surface area (Å²) in [5.74, 6) is 1.92. The first-order valence-electron chi connectivity index (χ1n) is 5.67. The smallest absolute Gasteiger partial charge is 0.251 e. The molecular weight excluding hydrogens is 250 g/mol. The summed E-state index contributed by atoms with van der Waals surface area (Å²) in [6.07, 6.45) is 0. The molecule has 0 radical (unpaired) electrons. The highest BCUT2D eigenvalue weighted by Crippen LogP contribution is 2.08.